The predicted molar refractivity (Wildman–Crippen MR) is 178 cm³/mol. The molecule has 1 N–H and O–H groups in total. The van der Waals surface area contributed by atoms with Crippen LogP contribution in [-0.4, -0.2) is 55.5 Å². The number of halogens is 1. The van der Waals surface area contributed by atoms with E-state index in [-0.39, 0.29) is 12.1 Å². The largest absolute Gasteiger partial charge is 0.336 e. The Balaban J connectivity index is 1.10. The van der Waals surface area contributed by atoms with Crippen LogP contribution in [0.15, 0.2) is 49.1 Å². The number of anilines is 3. The summed E-state index contributed by atoms with van der Waals surface area (Å²) in [6.07, 6.45) is 14.8. The lowest BCUT2D eigenvalue weighted by atomic mass is 9.70. The second kappa shape index (κ2) is 10.6. The third kappa shape index (κ3) is 4.26. The number of amides is 1. The summed E-state index contributed by atoms with van der Waals surface area (Å²) in [4.78, 5) is 33.2. The Bertz CT molecular complexity index is 1830. The standard InChI is InChI=1S/C37H42FN7O/c1-22(2)44-21-40-32-17-31(42-35(34(32)44)41-30-10-13-39-18-29(30)38)23-8-9-28-33(14-23)45(36(46)37(28)11-4-3-5-12-37)27-15-26(16-27)43-19-24-6-7-25(24)20-43/h8-10,13-14,17-18,21-22,24-27H,3-7,11-12,15-16,19-20H2,1-2H3,(H,39,41,42)/t24-,25+,26?,27?. The van der Waals surface area contributed by atoms with Crippen molar-refractivity contribution in [2.75, 3.05) is 23.3 Å². The van der Waals surface area contributed by atoms with Gasteiger partial charge in [-0.15, -0.1) is 0 Å². The maximum absolute atomic E-state index is 14.8. The summed E-state index contributed by atoms with van der Waals surface area (Å²) < 4.78 is 16.8. The molecule has 4 fully saturated rings. The van der Waals surface area contributed by atoms with E-state index in [1.165, 1.54) is 44.1 Å². The SMILES string of the molecule is CC(C)n1cnc2cc(-c3ccc4c(c3)N(C3CC(N5C[C@H]6CC[C@H]6C5)C3)C(=O)C43CCCCC3)nc(Nc3ccncc3F)c21. The molecular weight excluding hydrogens is 577 g/mol. The van der Waals surface area contributed by atoms with E-state index in [1.807, 2.05) is 12.4 Å². The highest BCUT2D eigenvalue weighted by atomic mass is 19.1. The molecule has 5 aliphatic rings. The Kier molecular flexibility index (Phi) is 6.53. The zero-order chi connectivity index (χ0) is 31.2. The van der Waals surface area contributed by atoms with Crippen LogP contribution >= 0.6 is 0 Å². The summed E-state index contributed by atoms with van der Waals surface area (Å²) in [5, 5.41) is 3.24. The minimum absolute atomic E-state index is 0.147. The molecule has 0 radical (unpaired) electrons. The van der Waals surface area contributed by atoms with Crippen molar-refractivity contribution in [2.45, 2.75) is 95.2 Å². The van der Waals surface area contributed by atoms with Crippen LogP contribution < -0.4 is 10.2 Å². The molecular formula is C37H42FN7O. The molecule has 9 heteroatoms. The molecule has 46 heavy (non-hydrogen) atoms. The number of hydrogen-bond acceptors (Lipinski definition) is 6. The zero-order valence-electron chi connectivity index (χ0n) is 26.8. The molecule has 0 unspecified atom stereocenters. The molecule has 0 bridgehead atoms. The number of rotatable bonds is 6. The maximum Gasteiger partial charge on any atom is 0.237 e. The third-order valence-electron chi connectivity index (χ3n) is 12.0. The van der Waals surface area contributed by atoms with Crippen LogP contribution in [0.5, 0.6) is 0 Å². The molecule has 1 amide bonds. The smallest absolute Gasteiger partial charge is 0.237 e. The van der Waals surface area contributed by atoms with Crippen LogP contribution in [0.3, 0.4) is 0 Å². The molecule has 4 aromatic rings. The lowest BCUT2D eigenvalue weighted by Gasteiger charge is -2.46. The number of pyridine rings is 2. The molecule has 1 saturated heterocycles. The minimum atomic E-state index is -0.441. The van der Waals surface area contributed by atoms with Gasteiger partial charge < -0.3 is 14.8 Å². The van der Waals surface area contributed by atoms with Gasteiger partial charge >= 0.3 is 0 Å². The van der Waals surface area contributed by atoms with Gasteiger partial charge in [0.1, 0.15) is 5.52 Å². The van der Waals surface area contributed by atoms with E-state index in [2.05, 4.69) is 56.7 Å². The average molecular weight is 620 g/mol. The Morgan fingerprint density at radius 1 is 1.00 bits per heavy atom. The van der Waals surface area contributed by atoms with E-state index in [4.69, 9.17) is 9.97 Å². The highest BCUT2D eigenvalue weighted by molar-refractivity contribution is 6.09. The van der Waals surface area contributed by atoms with Crippen molar-refractivity contribution in [3.8, 4) is 11.3 Å². The number of aromatic nitrogens is 4. The van der Waals surface area contributed by atoms with E-state index in [0.29, 0.717) is 23.5 Å². The number of carbonyl (C=O) groups excluding carboxylic acids is 1. The summed E-state index contributed by atoms with van der Waals surface area (Å²) in [5.41, 5.74) is 5.48. The Morgan fingerprint density at radius 3 is 2.50 bits per heavy atom. The fourth-order valence-corrected chi connectivity index (χ4v) is 9.20. The van der Waals surface area contributed by atoms with Crippen molar-refractivity contribution in [1.29, 1.82) is 0 Å². The minimum Gasteiger partial charge on any atom is -0.336 e. The average Bonchev–Trinajstić information content (AvgIpc) is 3.66. The van der Waals surface area contributed by atoms with Gasteiger partial charge in [0.05, 0.1) is 34.8 Å². The summed E-state index contributed by atoms with van der Waals surface area (Å²) in [6, 6.07) is 11.2. The first-order valence-electron chi connectivity index (χ1n) is 17.4. The molecule has 3 aliphatic carbocycles. The van der Waals surface area contributed by atoms with Crippen molar-refractivity contribution in [3.63, 3.8) is 0 Å². The monoisotopic (exact) mass is 619 g/mol. The first-order chi connectivity index (χ1) is 22.4. The number of nitrogens with one attached hydrogen (secondary N) is 1. The molecule has 5 heterocycles. The molecule has 238 valence electrons. The summed E-state index contributed by atoms with van der Waals surface area (Å²) in [7, 11) is 0. The van der Waals surface area contributed by atoms with Crippen molar-refractivity contribution in [1.82, 2.24) is 24.4 Å². The molecule has 2 atom stereocenters. The van der Waals surface area contributed by atoms with Gasteiger partial charge in [0.15, 0.2) is 11.6 Å². The van der Waals surface area contributed by atoms with E-state index in [1.54, 1.807) is 12.3 Å². The van der Waals surface area contributed by atoms with E-state index in [9.17, 15) is 9.18 Å². The Morgan fingerprint density at radius 2 is 1.78 bits per heavy atom. The highest BCUT2D eigenvalue weighted by Gasteiger charge is 2.55. The number of nitrogens with zero attached hydrogens (tertiary/aromatic N) is 6. The summed E-state index contributed by atoms with van der Waals surface area (Å²) in [6.45, 7) is 6.69. The molecule has 1 aromatic carbocycles. The molecule has 3 aromatic heterocycles. The molecule has 8 nitrogen and oxygen atoms in total. The van der Waals surface area contributed by atoms with Crippen LogP contribution in [0.25, 0.3) is 22.3 Å². The normalized spacial score (nSPS) is 26.8. The lowest BCUT2D eigenvalue weighted by Crippen LogP contribution is -2.56. The Labute approximate surface area is 269 Å². The summed E-state index contributed by atoms with van der Waals surface area (Å²) in [5.74, 6) is 2.24. The fourth-order valence-electron chi connectivity index (χ4n) is 9.20. The molecule has 1 spiro atoms. The van der Waals surface area contributed by atoms with Gasteiger partial charge in [-0.25, -0.2) is 14.4 Å². The highest BCUT2D eigenvalue weighted by Crippen LogP contribution is 2.54. The van der Waals surface area contributed by atoms with Crippen LogP contribution in [0.1, 0.15) is 83.2 Å². The topological polar surface area (TPSA) is 79.2 Å². The van der Waals surface area contributed by atoms with Crippen LogP contribution in [0.2, 0.25) is 0 Å². The second-order valence-corrected chi connectivity index (χ2v) is 14.8. The van der Waals surface area contributed by atoms with Crippen LogP contribution in [-0.2, 0) is 10.2 Å². The van der Waals surface area contributed by atoms with Crippen molar-refractivity contribution in [3.05, 3.63) is 60.4 Å². The van der Waals surface area contributed by atoms with Gasteiger partial charge in [0.25, 0.3) is 0 Å². The van der Waals surface area contributed by atoms with E-state index < -0.39 is 11.2 Å². The fraction of sp³-hybridized carbons (Fsp3) is 0.514. The van der Waals surface area contributed by atoms with Gasteiger partial charge in [-0.1, -0.05) is 31.4 Å². The number of imidazole rings is 1. The number of fused-ring (bicyclic) bond motifs is 4. The van der Waals surface area contributed by atoms with Crippen LogP contribution in [0.4, 0.5) is 21.6 Å². The van der Waals surface area contributed by atoms with Gasteiger partial charge in [-0.2, -0.15) is 0 Å². The number of likely N-dealkylation sites (tertiary alicyclic amines) is 1. The second-order valence-electron chi connectivity index (χ2n) is 14.8. The van der Waals surface area contributed by atoms with E-state index in [0.717, 1.165) is 78.3 Å². The molecule has 2 aliphatic heterocycles. The predicted octanol–water partition coefficient (Wildman–Crippen LogP) is 7.38. The Hall–Kier alpha value is -3.85. The molecule has 9 rings (SSSR count). The van der Waals surface area contributed by atoms with Gasteiger partial charge in [0.2, 0.25) is 5.91 Å². The van der Waals surface area contributed by atoms with Crippen molar-refractivity contribution in [2.24, 2.45) is 11.8 Å². The van der Waals surface area contributed by atoms with Crippen molar-refractivity contribution < 1.29 is 9.18 Å². The van der Waals surface area contributed by atoms with Crippen molar-refractivity contribution >= 4 is 34.1 Å². The lowest BCUT2D eigenvalue weighted by molar-refractivity contribution is -0.125. The van der Waals surface area contributed by atoms with Gasteiger partial charge in [0, 0.05) is 48.7 Å². The van der Waals surface area contributed by atoms with Gasteiger partial charge in [-0.3, -0.25) is 14.7 Å². The summed E-state index contributed by atoms with van der Waals surface area (Å²) >= 11 is 0. The maximum atomic E-state index is 14.8. The number of benzene rings is 1. The first-order valence-corrected chi connectivity index (χ1v) is 17.4. The first kappa shape index (κ1) is 28.4. The molecule has 3 saturated carbocycles. The van der Waals surface area contributed by atoms with Crippen LogP contribution in [0, 0.1) is 17.7 Å². The number of carbonyl (C=O) groups is 1. The van der Waals surface area contributed by atoms with E-state index >= 15 is 0 Å². The zero-order valence-corrected chi connectivity index (χ0v) is 26.8. The number of hydrogen-bond donors (Lipinski definition) is 1. The quantitative estimate of drug-likeness (QED) is 0.243. The van der Waals surface area contributed by atoms with Gasteiger partial charge in [-0.05, 0) is 88.0 Å². The third-order valence-corrected chi connectivity index (χ3v) is 12.0.